The minimum atomic E-state index is -0.362. The minimum absolute atomic E-state index is 0.0579. The number of nitrogens with zero attached hydrogens (tertiary/aromatic N) is 1. The summed E-state index contributed by atoms with van der Waals surface area (Å²) >= 11 is 0. The lowest BCUT2D eigenvalue weighted by Crippen LogP contribution is -2.25. The van der Waals surface area contributed by atoms with Gasteiger partial charge in [0.1, 0.15) is 19.3 Å². The first-order chi connectivity index (χ1) is 23.4. The van der Waals surface area contributed by atoms with Crippen LogP contribution in [0.15, 0.2) is 24.3 Å². The second-order valence-corrected chi connectivity index (χ2v) is 13.1. The Balaban J connectivity index is 4.11. The zero-order valence-corrected chi connectivity index (χ0v) is 31.4. The molecule has 0 unspecified atom stereocenters. The Morgan fingerprint density at radius 2 is 1.04 bits per heavy atom. The number of nitrogens with one attached hydrogen (secondary N) is 2. The van der Waals surface area contributed by atoms with Crippen LogP contribution in [-0.2, 0) is 19.0 Å². The molecular weight excluding hydrogens is 606 g/mol. The van der Waals surface area contributed by atoms with Crippen LogP contribution in [0.5, 0.6) is 0 Å². The van der Waals surface area contributed by atoms with E-state index in [0.29, 0.717) is 32.7 Å². The number of hydrogen-bond donors (Lipinski definition) is 2. The van der Waals surface area contributed by atoms with Crippen molar-refractivity contribution in [3.05, 3.63) is 24.3 Å². The van der Waals surface area contributed by atoms with Crippen molar-refractivity contribution in [1.29, 1.82) is 0 Å². The molecule has 0 atom stereocenters. The third kappa shape index (κ3) is 34.8. The lowest BCUT2D eigenvalue weighted by Gasteiger charge is -2.18. The zero-order chi connectivity index (χ0) is 35.3. The molecule has 0 spiro atoms. The molecule has 0 aliphatic heterocycles. The van der Waals surface area contributed by atoms with E-state index < -0.39 is 0 Å². The van der Waals surface area contributed by atoms with E-state index in [9.17, 15) is 14.4 Å². The summed E-state index contributed by atoms with van der Waals surface area (Å²) < 4.78 is 16.3. The van der Waals surface area contributed by atoms with Gasteiger partial charge >= 0.3 is 18.2 Å². The number of esters is 1. The molecule has 9 heteroatoms. The van der Waals surface area contributed by atoms with E-state index >= 15 is 0 Å². The minimum Gasteiger partial charge on any atom is -0.462 e. The highest BCUT2D eigenvalue weighted by Gasteiger charge is 2.14. The summed E-state index contributed by atoms with van der Waals surface area (Å²) in [6.07, 6.45) is 30.0. The summed E-state index contributed by atoms with van der Waals surface area (Å²) in [6, 6.07) is 0. The van der Waals surface area contributed by atoms with E-state index in [-0.39, 0.29) is 24.3 Å². The normalized spacial score (nSPS) is 11.5. The highest BCUT2D eigenvalue weighted by molar-refractivity contribution is 5.69. The van der Waals surface area contributed by atoms with Crippen molar-refractivity contribution < 1.29 is 28.6 Å². The second-order valence-electron chi connectivity index (χ2n) is 13.1. The second kappa shape index (κ2) is 35.7. The quantitative estimate of drug-likeness (QED) is 0.0308. The Morgan fingerprint density at radius 3 is 1.50 bits per heavy atom. The lowest BCUT2D eigenvalue weighted by molar-refractivity contribution is -0.150. The summed E-state index contributed by atoms with van der Waals surface area (Å²) in [5, 5.41) is 5.66. The third-order valence-corrected chi connectivity index (χ3v) is 8.13. The predicted molar refractivity (Wildman–Crippen MR) is 198 cm³/mol. The molecule has 0 heterocycles. The van der Waals surface area contributed by atoms with E-state index in [1.54, 1.807) is 0 Å². The summed E-state index contributed by atoms with van der Waals surface area (Å²) in [5.41, 5.74) is 0. The van der Waals surface area contributed by atoms with Crippen molar-refractivity contribution in [1.82, 2.24) is 15.5 Å². The molecule has 280 valence electrons. The van der Waals surface area contributed by atoms with E-state index in [2.05, 4.69) is 41.5 Å². The maximum atomic E-state index is 12.5. The van der Waals surface area contributed by atoms with E-state index in [4.69, 9.17) is 14.2 Å². The zero-order valence-electron chi connectivity index (χ0n) is 31.4. The number of carbonyl (C=O) groups is 3. The topological polar surface area (TPSA) is 106 Å². The molecule has 0 aromatic heterocycles. The fourth-order valence-electron chi connectivity index (χ4n) is 5.23. The van der Waals surface area contributed by atoms with Gasteiger partial charge in [0.2, 0.25) is 0 Å². The van der Waals surface area contributed by atoms with Gasteiger partial charge in [0.25, 0.3) is 0 Å². The molecule has 0 radical (unpaired) electrons. The Hall–Kier alpha value is -2.55. The van der Waals surface area contributed by atoms with Gasteiger partial charge in [-0.25, -0.2) is 9.59 Å². The van der Waals surface area contributed by atoms with Gasteiger partial charge in [-0.15, -0.1) is 0 Å². The van der Waals surface area contributed by atoms with Gasteiger partial charge in [-0.3, -0.25) is 4.79 Å². The SMILES string of the molecule is CCCCCC/C=C\COC(=O)NCCCCCCC(CCCCCCNC(=O)OC/C=C\CCCCCC)OC(=O)CCCN(C)C. The average Bonchev–Trinajstić information content (AvgIpc) is 3.05. The molecule has 0 saturated heterocycles. The van der Waals surface area contributed by atoms with Gasteiger partial charge in [-0.2, -0.15) is 0 Å². The Bertz CT molecular complexity index is 766. The summed E-state index contributed by atoms with van der Waals surface area (Å²) in [5.74, 6) is -0.107. The predicted octanol–water partition coefficient (Wildman–Crippen LogP) is 9.65. The van der Waals surface area contributed by atoms with Gasteiger partial charge in [0, 0.05) is 19.5 Å². The molecule has 0 aromatic rings. The molecule has 0 aliphatic rings. The molecular formula is C39H73N3O6. The highest BCUT2D eigenvalue weighted by Crippen LogP contribution is 2.17. The molecule has 0 aromatic carbocycles. The average molecular weight is 680 g/mol. The van der Waals surface area contributed by atoms with Gasteiger partial charge in [-0.05, 0) is 91.3 Å². The summed E-state index contributed by atoms with van der Waals surface area (Å²) in [6.45, 7) is 7.12. The van der Waals surface area contributed by atoms with Crippen LogP contribution in [-0.4, -0.2) is 76.1 Å². The fraction of sp³-hybridized carbons (Fsp3) is 0.821. The van der Waals surface area contributed by atoms with Crippen LogP contribution in [0.2, 0.25) is 0 Å². The van der Waals surface area contributed by atoms with Crippen molar-refractivity contribution in [2.45, 2.75) is 161 Å². The van der Waals surface area contributed by atoms with E-state index in [1.807, 2.05) is 26.2 Å². The van der Waals surface area contributed by atoms with Crippen LogP contribution in [0.3, 0.4) is 0 Å². The number of amides is 2. The van der Waals surface area contributed by atoms with Gasteiger partial charge in [0.05, 0.1) is 0 Å². The molecule has 2 amide bonds. The molecule has 0 rings (SSSR count). The van der Waals surface area contributed by atoms with Crippen molar-refractivity contribution in [2.75, 3.05) is 46.9 Å². The van der Waals surface area contributed by atoms with Crippen LogP contribution in [0.4, 0.5) is 9.59 Å². The first-order valence-corrected chi connectivity index (χ1v) is 19.3. The van der Waals surface area contributed by atoms with Crippen LogP contribution >= 0.6 is 0 Å². The number of ether oxygens (including phenoxy) is 3. The van der Waals surface area contributed by atoms with Gasteiger partial charge < -0.3 is 29.7 Å². The Morgan fingerprint density at radius 1 is 0.583 bits per heavy atom. The number of hydrogen-bond acceptors (Lipinski definition) is 7. The maximum absolute atomic E-state index is 12.5. The van der Waals surface area contributed by atoms with Crippen molar-refractivity contribution in [2.24, 2.45) is 0 Å². The number of allylic oxidation sites excluding steroid dienone is 2. The maximum Gasteiger partial charge on any atom is 0.407 e. The number of unbranched alkanes of at least 4 members (excludes halogenated alkanes) is 14. The Kier molecular flexibility index (Phi) is 33.8. The third-order valence-electron chi connectivity index (χ3n) is 8.13. The Labute approximate surface area is 294 Å². The number of alkyl carbamates (subject to hydrolysis) is 2. The van der Waals surface area contributed by atoms with Crippen LogP contribution < -0.4 is 10.6 Å². The van der Waals surface area contributed by atoms with Crippen molar-refractivity contribution in [3.63, 3.8) is 0 Å². The lowest BCUT2D eigenvalue weighted by atomic mass is 10.0. The molecule has 9 nitrogen and oxygen atoms in total. The largest absolute Gasteiger partial charge is 0.462 e. The standard InChI is InChI=1S/C39H73N3O6/c1-5-7-9-11-13-19-25-34-46-38(44)40-31-23-17-15-21-28-36(48-37(43)30-27-33-42(3)4)29-22-16-18-24-32-41-39(45)47-35-26-20-14-12-10-8-6-2/h19-20,25-26,36H,5-18,21-24,27-35H2,1-4H3,(H,40,44)(H,41,45)/b25-19-,26-20-. The highest BCUT2D eigenvalue weighted by atomic mass is 16.6. The summed E-state index contributed by atoms with van der Waals surface area (Å²) in [4.78, 5) is 38.3. The van der Waals surface area contributed by atoms with Crippen molar-refractivity contribution in [3.8, 4) is 0 Å². The fourth-order valence-corrected chi connectivity index (χ4v) is 5.23. The molecule has 0 bridgehead atoms. The van der Waals surface area contributed by atoms with Crippen LogP contribution in [0.1, 0.15) is 155 Å². The van der Waals surface area contributed by atoms with Crippen LogP contribution in [0, 0.1) is 0 Å². The molecule has 0 aliphatic carbocycles. The monoisotopic (exact) mass is 680 g/mol. The smallest absolute Gasteiger partial charge is 0.407 e. The van der Waals surface area contributed by atoms with Crippen LogP contribution in [0.25, 0.3) is 0 Å². The first-order valence-electron chi connectivity index (χ1n) is 19.3. The van der Waals surface area contributed by atoms with Gasteiger partial charge in [0.15, 0.2) is 0 Å². The van der Waals surface area contributed by atoms with E-state index in [0.717, 1.165) is 90.0 Å². The molecule has 0 saturated carbocycles. The number of carbonyl (C=O) groups excluding carboxylic acids is 3. The van der Waals surface area contributed by atoms with Gasteiger partial charge in [-0.1, -0.05) is 102 Å². The van der Waals surface area contributed by atoms with Crippen molar-refractivity contribution >= 4 is 18.2 Å². The molecule has 0 fully saturated rings. The summed E-state index contributed by atoms with van der Waals surface area (Å²) in [7, 11) is 4.02. The van der Waals surface area contributed by atoms with E-state index in [1.165, 1.54) is 51.4 Å². The molecule has 2 N–H and O–H groups in total. The molecule has 48 heavy (non-hydrogen) atoms. The number of rotatable bonds is 33. The first kappa shape index (κ1) is 45.5.